The zero-order valence-electron chi connectivity index (χ0n) is 27.0. The zero-order chi connectivity index (χ0) is 33.0. The molecule has 0 spiro atoms. The molecule has 9 aromatic rings. The Hall–Kier alpha value is -6.59. The Kier molecular flexibility index (Phi) is 6.56. The van der Waals surface area contributed by atoms with Crippen LogP contribution in [0.1, 0.15) is 18.4 Å². The maximum atomic E-state index is 6.34. The maximum Gasteiger partial charge on any atom is 0.164 e. The van der Waals surface area contributed by atoms with E-state index < -0.39 is 0 Å². The molecule has 0 saturated carbocycles. The number of rotatable bonds is 5. The zero-order valence-corrected chi connectivity index (χ0v) is 27.0. The minimum Gasteiger partial charge on any atom is -0.456 e. The molecule has 10 rings (SSSR count). The van der Waals surface area contributed by atoms with Crippen LogP contribution in [0.15, 0.2) is 161 Å². The average molecular weight is 644 g/mol. The van der Waals surface area contributed by atoms with Crippen LogP contribution in [0.5, 0.6) is 0 Å². The fraction of sp³-hybridized carbons (Fsp3) is 0.0444. The van der Waals surface area contributed by atoms with Gasteiger partial charge in [-0.1, -0.05) is 109 Å². The van der Waals surface area contributed by atoms with Gasteiger partial charge in [-0.15, -0.1) is 0 Å². The number of fused-ring (bicyclic) bond motifs is 6. The second-order valence-corrected chi connectivity index (χ2v) is 12.7. The third kappa shape index (κ3) is 4.82. The van der Waals surface area contributed by atoms with E-state index in [0.29, 0.717) is 17.5 Å². The van der Waals surface area contributed by atoms with Gasteiger partial charge in [-0.05, 0) is 77.6 Å². The summed E-state index contributed by atoms with van der Waals surface area (Å²) in [4.78, 5) is 15.0. The van der Waals surface area contributed by atoms with E-state index >= 15 is 0 Å². The van der Waals surface area contributed by atoms with Crippen molar-refractivity contribution in [2.45, 2.75) is 12.8 Å². The first-order chi connectivity index (χ1) is 24.7. The summed E-state index contributed by atoms with van der Waals surface area (Å²) in [5, 5.41) is 4.26. The van der Waals surface area contributed by atoms with Gasteiger partial charge in [0.05, 0.1) is 0 Å². The van der Waals surface area contributed by atoms with Crippen LogP contribution in [0, 0.1) is 0 Å². The number of aromatic nitrogens is 3. The number of hydrogen-bond donors (Lipinski definition) is 0. The Morgan fingerprint density at radius 3 is 1.78 bits per heavy atom. The fourth-order valence-electron chi connectivity index (χ4n) is 7.13. The molecule has 0 fully saturated rings. The van der Waals surface area contributed by atoms with Crippen molar-refractivity contribution < 1.29 is 8.83 Å². The number of nitrogens with zero attached hydrogens (tertiary/aromatic N) is 3. The highest BCUT2D eigenvalue weighted by atomic mass is 16.3. The van der Waals surface area contributed by atoms with Gasteiger partial charge < -0.3 is 8.83 Å². The van der Waals surface area contributed by atoms with Crippen molar-refractivity contribution in [1.29, 1.82) is 0 Å². The highest BCUT2D eigenvalue weighted by Gasteiger charge is 2.17. The van der Waals surface area contributed by atoms with Crippen LogP contribution in [-0.4, -0.2) is 15.0 Å². The predicted molar refractivity (Wildman–Crippen MR) is 202 cm³/mol. The summed E-state index contributed by atoms with van der Waals surface area (Å²) in [5.74, 6) is 1.88. The van der Waals surface area contributed by atoms with Gasteiger partial charge in [0.25, 0.3) is 0 Å². The number of furan rings is 2. The molecule has 50 heavy (non-hydrogen) atoms. The third-order valence-corrected chi connectivity index (χ3v) is 9.64. The normalized spacial score (nSPS) is 13.1. The lowest BCUT2D eigenvalue weighted by Crippen LogP contribution is -2.00. The first kappa shape index (κ1) is 28.4. The van der Waals surface area contributed by atoms with E-state index in [-0.39, 0.29) is 0 Å². The molecular formula is C45H29N3O2. The predicted octanol–water partition coefficient (Wildman–Crippen LogP) is 12.1. The monoisotopic (exact) mass is 643 g/mol. The van der Waals surface area contributed by atoms with Crippen LogP contribution in [0.4, 0.5) is 0 Å². The SMILES string of the molecule is C1=CCCC(c2ccc(-c3nc(-c4ccccc4)nc(-c4ccc5oc6ccc(-c7cccc8oc9ccccc9c78)cc6c5c4)n3)cc2)=C1. The van der Waals surface area contributed by atoms with Gasteiger partial charge in [-0.25, -0.2) is 15.0 Å². The van der Waals surface area contributed by atoms with Gasteiger partial charge in [-0.3, -0.25) is 0 Å². The minimum atomic E-state index is 0.611. The highest BCUT2D eigenvalue weighted by Crippen LogP contribution is 2.40. The average Bonchev–Trinajstić information content (AvgIpc) is 3.76. The Morgan fingerprint density at radius 1 is 0.440 bits per heavy atom. The van der Waals surface area contributed by atoms with Crippen LogP contribution < -0.4 is 0 Å². The second kappa shape index (κ2) is 11.5. The van der Waals surface area contributed by atoms with E-state index in [1.165, 1.54) is 11.1 Å². The Balaban J connectivity index is 1.11. The van der Waals surface area contributed by atoms with E-state index in [4.69, 9.17) is 23.8 Å². The Labute approximate surface area is 287 Å². The van der Waals surface area contributed by atoms with Crippen LogP contribution in [0.3, 0.4) is 0 Å². The summed E-state index contributed by atoms with van der Waals surface area (Å²) < 4.78 is 12.5. The largest absolute Gasteiger partial charge is 0.456 e. The van der Waals surface area contributed by atoms with E-state index in [1.807, 2.05) is 60.7 Å². The molecule has 0 bridgehead atoms. The summed E-state index contributed by atoms with van der Waals surface area (Å²) in [5.41, 5.74) is 11.0. The van der Waals surface area contributed by atoms with Gasteiger partial charge in [0.1, 0.15) is 22.3 Å². The van der Waals surface area contributed by atoms with Crippen molar-refractivity contribution in [2.24, 2.45) is 0 Å². The topological polar surface area (TPSA) is 65.0 Å². The van der Waals surface area contributed by atoms with Crippen molar-refractivity contribution in [2.75, 3.05) is 0 Å². The maximum absolute atomic E-state index is 6.34. The van der Waals surface area contributed by atoms with Gasteiger partial charge in [0, 0.05) is 38.2 Å². The molecule has 236 valence electrons. The number of para-hydroxylation sites is 1. The Bertz CT molecular complexity index is 2810. The molecule has 3 heterocycles. The minimum absolute atomic E-state index is 0.611. The van der Waals surface area contributed by atoms with E-state index in [9.17, 15) is 0 Å². The third-order valence-electron chi connectivity index (χ3n) is 9.64. The van der Waals surface area contributed by atoms with Crippen LogP contribution in [-0.2, 0) is 0 Å². The molecule has 3 aromatic heterocycles. The lowest BCUT2D eigenvalue weighted by molar-refractivity contribution is 0.669. The number of benzene rings is 6. The van der Waals surface area contributed by atoms with Crippen LogP contribution in [0.2, 0.25) is 0 Å². The molecule has 5 heteroatoms. The number of hydrogen-bond acceptors (Lipinski definition) is 5. The van der Waals surface area contributed by atoms with Gasteiger partial charge in [-0.2, -0.15) is 0 Å². The summed E-state index contributed by atoms with van der Waals surface area (Å²) in [6.45, 7) is 0. The summed E-state index contributed by atoms with van der Waals surface area (Å²) in [6.07, 6.45) is 8.67. The fourth-order valence-corrected chi connectivity index (χ4v) is 7.13. The van der Waals surface area contributed by atoms with E-state index in [1.54, 1.807) is 0 Å². The summed E-state index contributed by atoms with van der Waals surface area (Å²) >= 11 is 0. The van der Waals surface area contributed by atoms with Crippen molar-refractivity contribution in [3.8, 4) is 45.3 Å². The van der Waals surface area contributed by atoms with E-state index in [2.05, 4.69) is 91.0 Å². The molecule has 0 aliphatic heterocycles. The van der Waals surface area contributed by atoms with Crippen molar-refractivity contribution >= 4 is 49.5 Å². The molecule has 0 amide bonds. The molecular weight excluding hydrogens is 615 g/mol. The molecule has 1 aliphatic carbocycles. The first-order valence-electron chi connectivity index (χ1n) is 16.9. The number of allylic oxidation sites excluding steroid dienone is 4. The van der Waals surface area contributed by atoms with Crippen molar-refractivity contribution in [3.63, 3.8) is 0 Å². The van der Waals surface area contributed by atoms with Crippen molar-refractivity contribution in [1.82, 2.24) is 15.0 Å². The molecule has 0 N–H and O–H groups in total. The molecule has 0 radical (unpaired) electrons. The standard InChI is InChI=1S/C45H29N3O2/c1-3-10-28(11-4-1)29-18-20-31(21-19-29)44-46-43(30-12-5-2-6-13-30)47-45(48-44)33-23-25-40-37(27-33)36-26-32(22-24-39(36)49-40)34-15-9-17-41-42(34)35-14-7-8-16-38(35)50-41/h1-3,5-10,12-27H,4,11H2. The first-order valence-corrected chi connectivity index (χ1v) is 16.9. The molecule has 0 unspecified atom stereocenters. The molecule has 0 atom stereocenters. The van der Waals surface area contributed by atoms with Gasteiger partial charge >= 0.3 is 0 Å². The quantitative estimate of drug-likeness (QED) is 0.187. The highest BCUT2D eigenvalue weighted by molar-refractivity contribution is 6.14. The Morgan fingerprint density at radius 2 is 1.02 bits per heavy atom. The molecule has 1 aliphatic rings. The lowest BCUT2D eigenvalue weighted by atomic mass is 9.96. The van der Waals surface area contributed by atoms with Gasteiger partial charge in [0.15, 0.2) is 17.5 Å². The van der Waals surface area contributed by atoms with Crippen LogP contribution in [0.25, 0.3) is 94.7 Å². The molecule has 5 nitrogen and oxygen atoms in total. The smallest absolute Gasteiger partial charge is 0.164 e. The summed E-state index contributed by atoms with van der Waals surface area (Å²) in [6, 6.07) is 45.7. The van der Waals surface area contributed by atoms with Crippen LogP contribution >= 0.6 is 0 Å². The van der Waals surface area contributed by atoms with Gasteiger partial charge in [0.2, 0.25) is 0 Å². The molecule has 6 aromatic carbocycles. The van der Waals surface area contributed by atoms with Crippen molar-refractivity contribution in [3.05, 3.63) is 157 Å². The van der Waals surface area contributed by atoms with E-state index in [0.717, 1.165) is 84.5 Å². The second-order valence-electron chi connectivity index (χ2n) is 12.7. The summed E-state index contributed by atoms with van der Waals surface area (Å²) in [7, 11) is 0. The lowest BCUT2D eigenvalue weighted by Gasteiger charge is -2.11. The molecule has 0 saturated heterocycles.